The third-order valence-electron chi connectivity index (χ3n) is 4.60. The van der Waals surface area contributed by atoms with E-state index in [9.17, 15) is 4.79 Å². The highest BCUT2D eigenvalue weighted by Gasteiger charge is 2.40. The Morgan fingerprint density at radius 1 is 1.22 bits per heavy atom. The Bertz CT molecular complexity index is 680. The van der Waals surface area contributed by atoms with Crippen LogP contribution in [0.25, 0.3) is 5.70 Å². The highest BCUT2D eigenvalue weighted by Crippen LogP contribution is 2.39. The molecule has 1 amide bonds. The Morgan fingerprint density at radius 3 is 2.70 bits per heavy atom. The molecule has 3 aliphatic rings. The molecule has 0 bridgehead atoms. The van der Waals surface area contributed by atoms with E-state index < -0.39 is 0 Å². The lowest BCUT2D eigenvalue weighted by atomic mass is 10.1. The third-order valence-corrected chi connectivity index (χ3v) is 5.69. The van der Waals surface area contributed by atoms with Gasteiger partial charge in [-0.25, -0.2) is 0 Å². The number of rotatable bonds is 4. The number of fused-ring (bicyclic) bond motifs is 1. The quantitative estimate of drug-likeness (QED) is 0.836. The van der Waals surface area contributed by atoms with Crippen LogP contribution in [0.5, 0.6) is 0 Å². The molecule has 4 rings (SSSR count). The fourth-order valence-corrected chi connectivity index (χ4v) is 4.45. The minimum absolute atomic E-state index is 0.00809. The number of carbonyl (C=O) groups excluding carboxylic acids is 1. The first-order valence-electron chi connectivity index (χ1n) is 7.99. The van der Waals surface area contributed by atoms with E-state index in [1.54, 1.807) is 0 Å². The van der Waals surface area contributed by atoms with Crippen LogP contribution in [-0.2, 0) is 4.79 Å². The Kier molecular flexibility index (Phi) is 4.18. The van der Waals surface area contributed by atoms with Gasteiger partial charge in [0.25, 0.3) is 5.91 Å². The van der Waals surface area contributed by atoms with Gasteiger partial charge in [0.05, 0.1) is 5.70 Å². The highest BCUT2D eigenvalue weighted by molar-refractivity contribution is 8.16. The van der Waals surface area contributed by atoms with Crippen molar-refractivity contribution >= 4 is 40.1 Å². The maximum absolute atomic E-state index is 12.3. The van der Waals surface area contributed by atoms with Crippen molar-refractivity contribution < 1.29 is 4.79 Å². The van der Waals surface area contributed by atoms with Crippen molar-refractivity contribution in [3.8, 4) is 0 Å². The fourth-order valence-electron chi connectivity index (χ4n) is 3.38. The minimum atomic E-state index is -0.164. The number of carbonyl (C=O) groups is 1. The summed E-state index contributed by atoms with van der Waals surface area (Å²) in [6.07, 6.45) is 3.38. The number of amides is 1. The zero-order chi connectivity index (χ0) is 15.8. The zero-order valence-electron chi connectivity index (χ0n) is 12.7. The van der Waals surface area contributed by atoms with Crippen LogP contribution in [0.1, 0.15) is 24.8 Å². The predicted molar refractivity (Wildman–Crippen MR) is 95.4 cm³/mol. The zero-order valence-corrected chi connectivity index (χ0v) is 14.3. The minimum Gasteiger partial charge on any atom is -0.307 e. The molecule has 0 spiro atoms. The summed E-state index contributed by atoms with van der Waals surface area (Å²) in [6.45, 7) is 3.28. The molecular formula is C17H18ClN3OS. The first kappa shape index (κ1) is 15.2. The number of amidine groups is 1. The topological polar surface area (TPSA) is 35.9 Å². The summed E-state index contributed by atoms with van der Waals surface area (Å²) in [5.74, 6) is -0.00809. The normalized spacial score (nSPS) is 24.1. The summed E-state index contributed by atoms with van der Waals surface area (Å²) in [4.78, 5) is 21.1. The number of halogens is 1. The van der Waals surface area contributed by atoms with Crippen LogP contribution in [0.2, 0.25) is 5.02 Å². The van der Waals surface area contributed by atoms with Crippen LogP contribution in [0.3, 0.4) is 0 Å². The standard InChI is InChI=1S/C17H18ClN3OS/c18-13-5-3-12(4-6-13)15-11-23-17-19-16(22)14(21(15)17)7-10-20-8-1-2-9-20/h3-6,11,14H,1-2,7-10H2. The Labute approximate surface area is 145 Å². The van der Waals surface area contributed by atoms with Crippen LogP contribution in [0.4, 0.5) is 0 Å². The molecular weight excluding hydrogens is 330 g/mol. The molecule has 23 heavy (non-hydrogen) atoms. The molecule has 3 heterocycles. The van der Waals surface area contributed by atoms with E-state index >= 15 is 0 Å². The Hall–Kier alpha value is -1.30. The number of hydrogen-bond acceptors (Lipinski definition) is 4. The van der Waals surface area contributed by atoms with Crippen LogP contribution < -0.4 is 0 Å². The van der Waals surface area contributed by atoms with E-state index in [4.69, 9.17) is 11.6 Å². The van der Waals surface area contributed by atoms with Crippen molar-refractivity contribution in [2.45, 2.75) is 25.3 Å². The molecule has 120 valence electrons. The molecule has 4 nitrogen and oxygen atoms in total. The average molecular weight is 348 g/mol. The fraction of sp³-hybridized carbons (Fsp3) is 0.412. The molecule has 6 heteroatoms. The van der Waals surface area contributed by atoms with E-state index in [0.29, 0.717) is 0 Å². The molecule has 0 saturated carbocycles. The summed E-state index contributed by atoms with van der Waals surface area (Å²) in [5, 5.41) is 3.61. The lowest BCUT2D eigenvalue weighted by Crippen LogP contribution is -2.37. The number of hydrogen-bond donors (Lipinski definition) is 0. The summed E-state index contributed by atoms with van der Waals surface area (Å²) >= 11 is 7.51. The van der Waals surface area contributed by atoms with Gasteiger partial charge in [0, 0.05) is 17.0 Å². The lowest BCUT2D eigenvalue weighted by molar-refractivity contribution is -0.120. The van der Waals surface area contributed by atoms with Gasteiger partial charge in [0.1, 0.15) is 6.04 Å². The summed E-state index contributed by atoms with van der Waals surface area (Å²) < 4.78 is 0. The van der Waals surface area contributed by atoms with Gasteiger partial charge in [0.15, 0.2) is 5.17 Å². The van der Waals surface area contributed by atoms with Gasteiger partial charge in [0.2, 0.25) is 0 Å². The van der Waals surface area contributed by atoms with E-state index in [1.807, 2.05) is 24.3 Å². The van der Waals surface area contributed by atoms with Gasteiger partial charge in [-0.1, -0.05) is 35.5 Å². The van der Waals surface area contributed by atoms with Crippen molar-refractivity contribution in [2.75, 3.05) is 19.6 Å². The second-order valence-electron chi connectivity index (χ2n) is 6.08. The largest absolute Gasteiger partial charge is 0.307 e. The van der Waals surface area contributed by atoms with Crippen molar-refractivity contribution in [2.24, 2.45) is 4.99 Å². The molecule has 1 aromatic carbocycles. The Morgan fingerprint density at radius 2 is 1.96 bits per heavy atom. The second-order valence-corrected chi connectivity index (χ2v) is 7.36. The average Bonchev–Trinajstić information content (AvgIpc) is 3.24. The molecule has 0 aromatic heterocycles. The molecule has 1 fully saturated rings. The first-order valence-corrected chi connectivity index (χ1v) is 9.25. The van der Waals surface area contributed by atoms with Gasteiger partial charge in [-0.15, -0.1) is 0 Å². The van der Waals surface area contributed by atoms with Crippen molar-refractivity contribution in [3.05, 3.63) is 40.3 Å². The van der Waals surface area contributed by atoms with E-state index in [-0.39, 0.29) is 11.9 Å². The smallest absolute Gasteiger partial charge is 0.271 e. The van der Waals surface area contributed by atoms with Crippen LogP contribution in [-0.4, -0.2) is 46.6 Å². The number of thioether (sulfide) groups is 1. The van der Waals surface area contributed by atoms with E-state index in [1.165, 1.54) is 24.6 Å². The van der Waals surface area contributed by atoms with Crippen molar-refractivity contribution in [1.82, 2.24) is 9.80 Å². The number of benzene rings is 1. The van der Waals surface area contributed by atoms with Crippen molar-refractivity contribution in [1.29, 1.82) is 0 Å². The SMILES string of the molecule is O=C1N=C2SC=C(c3ccc(Cl)cc3)N2C1CCN1CCCC1. The number of nitrogens with zero attached hydrogens (tertiary/aromatic N) is 3. The third kappa shape index (κ3) is 2.93. The monoisotopic (exact) mass is 347 g/mol. The van der Waals surface area contributed by atoms with Gasteiger partial charge >= 0.3 is 0 Å². The highest BCUT2D eigenvalue weighted by atomic mass is 35.5. The maximum atomic E-state index is 12.3. The van der Waals surface area contributed by atoms with Gasteiger partial charge in [-0.05, 0) is 50.0 Å². The van der Waals surface area contributed by atoms with E-state index in [2.05, 4.69) is 20.2 Å². The van der Waals surface area contributed by atoms with Crippen LogP contribution in [0.15, 0.2) is 34.7 Å². The molecule has 1 saturated heterocycles. The summed E-state index contributed by atoms with van der Waals surface area (Å²) in [7, 11) is 0. The number of likely N-dealkylation sites (tertiary alicyclic amines) is 1. The lowest BCUT2D eigenvalue weighted by Gasteiger charge is -2.26. The van der Waals surface area contributed by atoms with Gasteiger partial charge in [-0.3, -0.25) is 4.79 Å². The van der Waals surface area contributed by atoms with Crippen LogP contribution >= 0.6 is 23.4 Å². The molecule has 0 aliphatic carbocycles. The molecule has 0 N–H and O–H groups in total. The predicted octanol–water partition coefficient (Wildman–Crippen LogP) is 3.44. The van der Waals surface area contributed by atoms with Crippen LogP contribution in [0, 0.1) is 0 Å². The number of aliphatic imine (C=N–C) groups is 1. The molecule has 1 unspecified atom stereocenters. The molecule has 1 atom stereocenters. The Balaban J connectivity index is 1.52. The summed E-state index contributed by atoms with van der Waals surface area (Å²) in [5.41, 5.74) is 2.13. The van der Waals surface area contributed by atoms with Gasteiger partial charge < -0.3 is 9.80 Å². The van der Waals surface area contributed by atoms with Crippen molar-refractivity contribution in [3.63, 3.8) is 0 Å². The van der Waals surface area contributed by atoms with Gasteiger partial charge in [-0.2, -0.15) is 4.99 Å². The first-order chi connectivity index (χ1) is 11.2. The molecule has 0 radical (unpaired) electrons. The maximum Gasteiger partial charge on any atom is 0.271 e. The van der Waals surface area contributed by atoms with E-state index in [0.717, 1.165) is 47.5 Å². The molecule has 1 aromatic rings. The second kappa shape index (κ2) is 6.30. The summed E-state index contributed by atoms with van der Waals surface area (Å²) in [6, 6.07) is 7.60. The molecule has 3 aliphatic heterocycles.